The zero-order chi connectivity index (χ0) is 12.5. The Morgan fingerprint density at radius 2 is 2.06 bits per heavy atom. The first-order valence-corrected chi connectivity index (χ1v) is 5.49. The van der Waals surface area contributed by atoms with E-state index in [0.29, 0.717) is 0 Å². The van der Waals surface area contributed by atoms with Gasteiger partial charge in [0.25, 0.3) is 0 Å². The third kappa shape index (κ3) is 2.14. The van der Waals surface area contributed by atoms with Gasteiger partial charge in [-0.25, -0.2) is 0 Å². The zero-order valence-electron chi connectivity index (χ0n) is 9.90. The van der Waals surface area contributed by atoms with Gasteiger partial charge in [0.1, 0.15) is 6.04 Å². The van der Waals surface area contributed by atoms with Crippen LogP contribution in [-0.2, 0) is 14.4 Å². The summed E-state index contributed by atoms with van der Waals surface area (Å²) in [7, 11) is 0. The molecule has 5 nitrogen and oxygen atoms in total. The number of amides is 2. The lowest BCUT2D eigenvalue weighted by Gasteiger charge is -2.25. The average molecular weight is 226 g/mol. The minimum absolute atomic E-state index is 0.00120. The van der Waals surface area contributed by atoms with E-state index in [2.05, 4.69) is 0 Å². The maximum Gasteiger partial charge on any atom is 0.233 e. The molecule has 0 spiro atoms. The van der Waals surface area contributed by atoms with Gasteiger partial charge in [0, 0.05) is 24.8 Å². The van der Waals surface area contributed by atoms with Crippen molar-refractivity contribution < 1.29 is 14.4 Å². The van der Waals surface area contributed by atoms with Crippen LogP contribution in [0.4, 0.5) is 0 Å². The topological polar surface area (TPSA) is 80.5 Å². The predicted octanol–water partition coefficient (Wildman–Crippen LogP) is -0.0662. The molecule has 1 aliphatic heterocycles. The lowest BCUT2D eigenvalue weighted by Crippen LogP contribution is -2.50. The number of hydrogen-bond acceptors (Lipinski definition) is 4. The summed E-state index contributed by atoms with van der Waals surface area (Å²) in [6.07, 6.45) is 0.181. The largest absolute Gasteiger partial charge is 0.328 e. The van der Waals surface area contributed by atoms with Crippen LogP contribution in [0.2, 0.25) is 0 Å². The van der Waals surface area contributed by atoms with Crippen LogP contribution in [0.25, 0.3) is 0 Å². The fourth-order valence-electron chi connectivity index (χ4n) is 1.87. The van der Waals surface area contributed by atoms with Gasteiger partial charge in [-0.2, -0.15) is 0 Å². The molecule has 1 aliphatic rings. The zero-order valence-corrected chi connectivity index (χ0v) is 9.90. The van der Waals surface area contributed by atoms with Crippen molar-refractivity contribution in [3.63, 3.8) is 0 Å². The highest BCUT2D eigenvalue weighted by molar-refractivity contribution is 6.07. The summed E-state index contributed by atoms with van der Waals surface area (Å²) in [6.45, 7) is 5.16. The molecule has 1 unspecified atom stereocenters. The summed E-state index contributed by atoms with van der Waals surface area (Å²) in [4.78, 5) is 36.2. The summed E-state index contributed by atoms with van der Waals surface area (Å²) < 4.78 is 0. The number of ketones is 1. The van der Waals surface area contributed by atoms with Gasteiger partial charge in [0.2, 0.25) is 11.8 Å². The number of imide groups is 1. The number of likely N-dealkylation sites (tertiary alicyclic amines) is 1. The highest BCUT2D eigenvalue weighted by Gasteiger charge is 2.42. The molecule has 2 atom stereocenters. The Hall–Kier alpha value is -1.23. The Labute approximate surface area is 95.0 Å². The van der Waals surface area contributed by atoms with E-state index in [-0.39, 0.29) is 42.4 Å². The van der Waals surface area contributed by atoms with Crippen molar-refractivity contribution in [2.75, 3.05) is 6.54 Å². The molecule has 2 amide bonds. The highest BCUT2D eigenvalue weighted by Crippen LogP contribution is 2.22. The minimum atomic E-state index is -0.787. The third-order valence-corrected chi connectivity index (χ3v) is 2.84. The monoisotopic (exact) mass is 226 g/mol. The van der Waals surface area contributed by atoms with Gasteiger partial charge in [0.05, 0.1) is 0 Å². The molecule has 0 bridgehead atoms. The molecule has 0 aliphatic carbocycles. The fourth-order valence-corrected chi connectivity index (χ4v) is 1.87. The van der Waals surface area contributed by atoms with Crippen molar-refractivity contribution in [1.29, 1.82) is 0 Å². The van der Waals surface area contributed by atoms with Crippen LogP contribution in [0.5, 0.6) is 0 Å². The summed E-state index contributed by atoms with van der Waals surface area (Å²) in [5.74, 6) is -1.29. The van der Waals surface area contributed by atoms with Crippen LogP contribution < -0.4 is 5.73 Å². The van der Waals surface area contributed by atoms with Crippen LogP contribution in [0.1, 0.15) is 27.2 Å². The molecule has 90 valence electrons. The quantitative estimate of drug-likeness (QED) is 0.681. The lowest BCUT2D eigenvalue weighted by molar-refractivity contribution is -0.147. The maximum atomic E-state index is 11.8. The van der Waals surface area contributed by atoms with Crippen molar-refractivity contribution in [2.45, 2.75) is 33.2 Å². The number of nitrogens with two attached hydrogens (primary N) is 1. The van der Waals surface area contributed by atoms with Gasteiger partial charge in [0.15, 0.2) is 5.78 Å². The molecule has 0 aromatic rings. The Kier molecular flexibility index (Phi) is 3.80. The lowest BCUT2D eigenvalue weighted by atomic mass is 10.0. The van der Waals surface area contributed by atoms with Crippen LogP contribution in [0, 0.1) is 11.8 Å². The van der Waals surface area contributed by atoms with E-state index < -0.39 is 6.04 Å². The summed E-state index contributed by atoms with van der Waals surface area (Å²) >= 11 is 0. The van der Waals surface area contributed by atoms with E-state index in [1.807, 2.05) is 0 Å². The first-order chi connectivity index (χ1) is 7.40. The number of nitrogens with zero attached hydrogens (tertiary/aromatic N) is 1. The number of carbonyl (C=O) groups excluding carboxylic acids is 3. The predicted molar refractivity (Wildman–Crippen MR) is 58.3 cm³/mol. The van der Waals surface area contributed by atoms with Crippen molar-refractivity contribution >= 4 is 17.6 Å². The molecule has 1 saturated heterocycles. The molecule has 0 aromatic heterocycles. The van der Waals surface area contributed by atoms with Crippen molar-refractivity contribution in [2.24, 2.45) is 17.6 Å². The molecule has 2 N–H and O–H groups in total. The first kappa shape index (κ1) is 12.8. The van der Waals surface area contributed by atoms with E-state index in [9.17, 15) is 14.4 Å². The fraction of sp³-hybridized carbons (Fsp3) is 0.727. The molecule has 0 saturated carbocycles. The number of rotatable bonds is 4. The first-order valence-electron chi connectivity index (χ1n) is 5.49. The van der Waals surface area contributed by atoms with E-state index in [0.717, 1.165) is 4.90 Å². The summed E-state index contributed by atoms with van der Waals surface area (Å²) in [6, 6.07) is -0.787. The second-order valence-corrected chi connectivity index (χ2v) is 4.52. The summed E-state index contributed by atoms with van der Waals surface area (Å²) in [5, 5.41) is 0. The SMILES string of the molecule is CC(C)C(=O)[C@H](CN)N1C(=O)CC(C)C1=O. The normalized spacial score (nSPS) is 23.1. The second kappa shape index (κ2) is 4.74. The molecular weight excluding hydrogens is 208 g/mol. The molecule has 0 aromatic carbocycles. The van der Waals surface area contributed by atoms with Crippen LogP contribution >= 0.6 is 0 Å². The summed E-state index contributed by atoms with van der Waals surface area (Å²) in [5.41, 5.74) is 5.49. The minimum Gasteiger partial charge on any atom is -0.328 e. The van der Waals surface area contributed by atoms with Crippen LogP contribution in [-0.4, -0.2) is 35.1 Å². The molecule has 5 heteroatoms. The number of carbonyl (C=O) groups is 3. The Balaban J connectivity index is 2.93. The standard InChI is InChI=1S/C11H18N2O3/c1-6(2)10(15)8(5-12)13-9(14)4-7(3)11(13)16/h6-8H,4-5,12H2,1-3H3/t7?,8-/m0/s1. The van der Waals surface area contributed by atoms with E-state index >= 15 is 0 Å². The van der Waals surface area contributed by atoms with E-state index in [1.54, 1.807) is 20.8 Å². The van der Waals surface area contributed by atoms with Gasteiger partial charge in [-0.3, -0.25) is 19.3 Å². The molecule has 16 heavy (non-hydrogen) atoms. The highest BCUT2D eigenvalue weighted by atomic mass is 16.2. The van der Waals surface area contributed by atoms with Crippen LogP contribution in [0.15, 0.2) is 0 Å². The number of hydrogen-bond donors (Lipinski definition) is 1. The Morgan fingerprint density at radius 1 is 1.50 bits per heavy atom. The van der Waals surface area contributed by atoms with Crippen molar-refractivity contribution in [1.82, 2.24) is 4.90 Å². The van der Waals surface area contributed by atoms with Gasteiger partial charge >= 0.3 is 0 Å². The smallest absolute Gasteiger partial charge is 0.233 e. The molecule has 0 radical (unpaired) electrons. The van der Waals surface area contributed by atoms with Crippen molar-refractivity contribution in [3.8, 4) is 0 Å². The van der Waals surface area contributed by atoms with Gasteiger partial charge in [-0.05, 0) is 0 Å². The van der Waals surface area contributed by atoms with Crippen molar-refractivity contribution in [3.05, 3.63) is 0 Å². The van der Waals surface area contributed by atoms with E-state index in [1.165, 1.54) is 0 Å². The Bertz CT molecular complexity index is 325. The van der Waals surface area contributed by atoms with Gasteiger partial charge in [-0.1, -0.05) is 20.8 Å². The van der Waals surface area contributed by atoms with Gasteiger partial charge in [-0.15, -0.1) is 0 Å². The van der Waals surface area contributed by atoms with Crippen LogP contribution in [0.3, 0.4) is 0 Å². The second-order valence-electron chi connectivity index (χ2n) is 4.52. The maximum absolute atomic E-state index is 11.8. The van der Waals surface area contributed by atoms with Gasteiger partial charge < -0.3 is 5.73 Å². The average Bonchev–Trinajstić information content (AvgIpc) is 2.45. The number of Topliss-reactive ketones (excluding diaryl/α,β-unsaturated/α-hetero) is 1. The van der Waals surface area contributed by atoms with E-state index in [4.69, 9.17) is 5.73 Å². The molecule has 1 heterocycles. The Morgan fingerprint density at radius 3 is 2.38 bits per heavy atom. The molecule has 1 rings (SSSR count). The molecular formula is C11H18N2O3. The molecule has 1 fully saturated rings. The third-order valence-electron chi connectivity index (χ3n) is 2.84.